The van der Waals surface area contributed by atoms with E-state index in [-0.39, 0.29) is 5.92 Å². The molecule has 102 valence electrons. The molecule has 2 fully saturated rings. The quantitative estimate of drug-likeness (QED) is 0.852. The maximum atomic E-state index is 9.23. The standard InChI is InChI=1S/C14H16N6/c15-5-8-1-2-10-9(8)3-4-11(10)20-7-19-12-13(16)17-6-18-14(12)20/h6-11H,1-4H2,(H2,16,17,18). The predicted octanol–water partition coefficient (Wildman–Crippen LogP) is 1.91. The number of anilines is 1. The Bertz CT molecular complexity index is 699. The number of aromatic nitrogens is 4. The van der Waals surface area contributed by atoms with Gasteiger partial charge in [-0.3, -0.25) is 0 Å². The number of hydrogen-bond donors (Lipinski definition) is 1. The van der Waals surface area contributed by atoms with Crippen molar-refractivity contribution in [2.45, 2.75) is 31.7 Å². The first-order chi connectivity index (χ1) is 9.79. The fourth-order valence-electron chi connectivity index (χ4n) is 4.19. The maximum Gasteiger partial charge on any atom is 0.165 e. The molecule has 4 atom stereocenters. The summed E-state index contributed by atoms with van der Waals surface area (Å²) in [7, 11) is 0. The Labute approximate surface area is 116 Å². The molecule has 0 aliphatic heterocycles. The molecule has 6 heteroatoms. The van der Waals surface area contributed by atoms with Crippen molar-refractivity contribution in [1.82, 2.24) is 19.5 Å². The number of nitriles is 1. The zero-order valence-electron chi connectivity index (χ0n) is 11.1. The van der Waals surface area contributed by atoms with Crippen LogP contribution in [-0.4, -0.2) is 19.5 Å². The Morgan fingerprint density at radius 2 is 2.00 bits per heavy atom. The molecule has 2 saturated carbocycles. The van der Waals surface area contributed by atoms with Crippen molar-refractivity contribution in [2.75, 3.05) is 5.73 Å². The number of hydrogen-bond acceptors (Lipinski definition) is 5. The molecule has 2 N–H and O–H groups in total. The summed E-state index contributed by atoms with van der Waals surface area (Å²) in [6, 6.07) is 2.88. The fourth-order valence-corrected chi connectivity index (χ4v) is 4.19. The monoisotopic (exact) mass is 268 g/mol. The van der Waals surface area contributed by atoms with Crippen molar-refractivity contribution in [1.29, 1.82) is 5.26 Å². The van der Waals surface area contributed by atoms with E-state index in [1.165, 1.54) is 6.33 Å². The molecule has 0 aromatic carbocycles. The lowest BCUT2D eigenvalue weighted by atomic mass is 9.92. The summed E-state index contributed by atoms with van der Waals surface area (Å²) in [5.41, 5.74) is 7.36. The van der Waals surface area contributed by atoms with Crippen molar-refractivity contribution < 1.29 is 0 Å². The van der Waals surface area contributed by atoms with Crippen molar-refractivity contribution in [3.8, 4) is 6.07 Å². The van der Waals surface area contributed by atoms with Crippen molar-refractivity contribution in [3.63, 3.8) is 0 Å². The van der Waals surface area contributed by atoms with Gasteiger partial charge in [0.05, 0.1) is 12.4 Å². The highest BCUT2D eigenvalue weighted by atomic mass is 15.2. The van der Waals surface area contributed by atoms with E-state index in [4.69, 9.17) is 5.73 Å². The fraction of sp³-hybridized carbons (Fsp3) is 0.571. The number of nitrogens with zero attached hydrogens (tertiary/aromatic N) is 5. The summed E-state index contributed by atoms with van der Waals surface area (Å²) in [5, 5.41) is 9.23. The molecule has 0 spiro atoms. The van der Waals surface area contributed by atoms with Gasteiger partial charge in [0.15, 0.2) is 11.5 Å². The minimum Gasteiger partial charge on any atom is -0.382 e. The highest BCUT2D eigenvalue weighted by molar-refractivity contribution is 5.81. The minimum atomic E-state index is 0.236. The minimum absolute atomic E-state index is 0.236. The summed E-state index contributed by atoms with van der Waals surface area (Å²) in [6.07, 6.45) is 7.73. The van der Waals surface area contributed by atoms with Gasteiger partial charge in [-0.05, 0) is 37.5 Å². The lowest BCUT2D eigenvalue weighted by Crippen LogP contribution is -2.16. The van der Waals surface area contributed by atoms with E-state index in [1.54, 1.807) is 0 Å². The molecular weight excluding hydrogens is 252 g/mol. The summed E-state index contributed by atoms with van der Waals surface area (Å²) in [5.74, 6) is 1.79. The molecule has 0 radical (unpaired) electrons. The van der Waals surface area contributed by atoms with Gasteiger partial charge in [0.2, 0.25) is 0 Å². The molecule has 6 nitrogen and oxygen atoms in total. The summed E-state index contributed by atoms with van der Waals surface area (Å²) >= 11 is 0. The average Bonchev–Trinajstić information content (AvgIpc) is 3.11. The molecule has 4 unspecified atom stereocenters. The third-order valence-corrected chi connectivity index (χ3v) is 5.08. The van der Waals surface area contributed by atoms with Crippen LogP contribution in [0.4, 0.5) is 5.82 Å². The molecule has 20 heavy (non-hydrogen) atoms. The van der Waals surface area contributed by atoms with E-state index in [9.17, 15) is 5.26 Å². The number of fused-ring (bicyclic) bond motifs is 2. The van der Waals surface area contributed by atoms with E-state index in [2.05, 4.69) is 25.6 Å². The van der Waals surface area contributed by atoms with Crippen LogP contribution in [0.1, 0.15) is 31.7 Å². The van der Waals surface area contributed by atoms with Gasteiger partial charge < -0.3 is 10.3 Å². The maximum absolute atomic E-state index is 9.23. The van der Waals surface area contributed by atoms with Crippen LogP contribution in [0.3, 0.4) is 0 Å². The summed E-state index contributed by atoms with van der Waals surface area (Å²) in [4.78, 5) is 12.7. The van der Waals surface area contributed by atoms with Crippen LogP contribution < -0.4 is 5.73 Å². The average molecular weight is 268 g/mol. The zero-order valence-corrected chi connectivity index (χ0v) is 11.1. The van der Waals surface area contributed by atoms with Gasteiger partial charge >= 0.3 is 0 Å². The van der Waals surface area contributed by atoms with Crippen LogP contribution in [0, 0.1) is 29.1 Å². The predicted molar refractivity (Wildman–Crippen MR) is 73.3 cm³/mol. The van der Waals surface area contributed by atoms with Gasteiger partial charge in [-0.25, -0.2) is 15.0 Å². The molecule has 2 aromatic heterocycles. The van der Waals surface area contributed by atoms with Crippen LogP contribution in [0.5, 0.6) is 0 Å². The van der Waals surface area contributed by atoms with Crippen LogP contribution in [-0.2, 0) is 0 Å². The molecule has 4 rings (SSSR count). The SMILES string of the molecule is N#CC1CCC2C1CCC2n1cnc2c(N)ncnc21. The molecule has 2 heterocycles. The van der Waals surface area contributed by atoms with E-state index < -0.39 is 0 Å². The first-order valence-corrected chi connectivity index (χ1v) is 7.12. The van der Waals surface area contributed by atoms with Gasteiger partial charge in [-0.15, -0.1) is 0 Å². The second-order valence-electron chi connectivity index (χ2n) is 5.87. The molecule has 2 aromatic rings. The highest BCUT2D eigenvalue weighted by Crippen LogP contribution is 2.52. The summed E-state index contributed by atoms with van der Waals surface area (Å²) in [6.45, 7) is 0. The van der Waals surface area contributed by atoms with Gasteiger partial charge in [0, 0.05) is 12.0 Å². The van der Waals surface area contributed by atoms with Crippen LogP contribution in [0.15, 0.2) is 12.7 Å². The second-order valence-corrected chi connectivity index (χ2v) is 5.87. The number of nitrogens with two attached hydrogens (primary N) is 1. The molecular formula is C14H16N6. The van der Waals surface area contributed by atoms with Gasteiger partial charge in [0.25, 0.3) is 0 Å². The Kier molecular flexibility index (Phi) is 2.43. The Balaban J connectivity index is 1.75. The Morgan fingerprint density at radius 1 is 1.15 bits per heavy atom. The van der Waals surface area contributed by atoms with Crippen LogP contribution >= 0.6 is 0 Å². The van der Waals surface area contributed by atoms with Crippen molar-refractivity contribution in [3.05, 3.63) is 12.7 Å². The number of imidazole rings is 1. The normalized spacial score (nSPS) is 32.4. The first-order valence-electron chi connectivity index (χ1n) is 7.12. The number of rotatable bonds is 1. The molecule has 0 amide bonds. The van der Waals surface area contributed by atoms with E-state index in [0.29, 0.717) is 29.2 Å². The van der Waals surface area contributed by atoms with E-state index in [1.807, 2.05) is 6.33 Å². The Hall–Kier alpha value is -2.16. The molecule has 0 bridgehead atoms. The first kappa shape index (κ1) is 11.6. The van der Waals surface area contributed by atoms with Gasteiger partial charge in [-0.1, -0.05) is 0 Å². The molecule has 0 saturated heterocycles. The van der Waals surface area contributed by atoms with Crippen molar-refractivity contribution in [2.24, 2.45) is 17.8 Å². The lowest BCUT2D eigenvalue weighted by molar-refractivity contribution is 0.339. The largest absolute Gasteiger partial charge is 0.382 e. The Morgan fingerprint density at radius 3 is 2.85 bits per heavy atom. The van der Waals surface area contributed by atoms with E-state index in [0.717, 1.165) is 31.3 Å². The van der Waals surface area contributed by atoms with Gasteiger partial charge in [-0.2, -0.15) is 5.26 Å². The van der Waals surface area contributed by atoms with Crippen LogP contribution in [0.2, 0.25) is 0 Å². The summed E-state index contributed by atoms with van der Waals surface area (Å²) < 4.78 is 2.15. The second kappa shape index (κ2) is 4.17. The number of nitrogen functional groups attached to an aromatic ring is 1. The van der Waals surface area contributed by atoms with Crippen molar-refractivity contribution >= 4 is 17.0 Å². The smallest absolute Gasteiger partial charge is 0.165 e. The third kappa shape index (κ3) is 1.46. The topological polar surface area (TPSA) is 93.4 Å². The molecule has 2 aliphatic carbocycles. The van der Waals surface area contributed by atoms with E-state index >= 15 is 0 Å². The highest BCUT2D eigenvalue weighted by Gasteiger charge is 2.45. The lowest BCUT2D eigenvalue weighted by Gasteiger charge is -2.20. The van der Waals surface area contributed by atoms with Crippen LogP contribution in [0.25, 0.3) is 11.2 Å². The van der Waals surface area contributed by atoms with Gasteiger partial charge in [0.1, 0.15) is 11.8 Å². The molecule has 2 aliphatic rings. The zero-order chi connectivity index (χ0) is 13.7. The third-order valence-electron chi connectivity index (χ3n) is 5.08.